The highest BCUT2D eigenvalue weighted by Gasteiger charge is 2.11. The van der Waals surface area contributed by atoms with Crippen molar-refractivity contribution in [2.75, 3.05) is 0 Å². The van der Waals surface area contributed by atoms with Crippen LogP contribution in [0.4, 0.5) is 0 Å². The highest BCUT2D eigenvalue weighted by Crippen LogP contribution is 2.14. The summed E-state index contributed by atoms with van der Waals surface area (Å²) in [4.78, 5) is 3.42. The summed E-state index contributed by atoms with van der Waals surface area (Å²) in [6, 6.07) is 10.6. The predicted octanol–water partition coefficient (Wildman–Crippen LogP) is 5.10. The quantitative estimate of drug-likeness (QED) is 0.228. The van der Waals surface area contributed by atoms with E-state index in [-0.39, 0.29) is 17.0 Å². The van der Waals surface area contributed by atoms with Crippen LogP contribution in [0.2, 0.25) is 0 Å². The molecule has 0 radical (unpaired) electrons. The van der Waals surface area contributed by atoms with Gasteiger partial charge in [0.15, 0.2) is 0 Å². The number of benzene rings is 1. The van der Waals surface area contributed by atoms with Gasteiger partial charge >= 0.3 is 0 Å². The van der Waals surface area contributed by atoms with E-state index in [4.69, 9.17) is 0 Å². The standard InChI is InChI=1S/C27H44N2.BrH/c1-2-3-4-5-6-7-8-9-10-11-12-13-14-15-16-20-23-27-28-24-25-29(27)26-21-18-17-19-22-26;/h17-19,21-22,24-25H,2-16,20,23H2,1H3;1H. The van der Waals surface area contributed by atoms with Gasteiger partial charge in [-0.15, -0.1) is 0 Å². The van der Waals surface area contributed by atoms with Crippen molar-refractivity contribution in [2.24, 2.45) is 0 Å². The van der Waals surface area contributed by atoms with Crippen LogP contribution < -0.4 is 21.5 Å². The first-order valence-corrected chi connectivity index (χ1v) is 12.5. The lowest BCUT2D eigenvalue weighted by atomic mass is 10.0. The Hall–Kier alpha value is -1.09. The van der Waals surface area contributed by atoms with E-state index in [1.165, 1.54) is 114 Å². The van der Waals surface area contributed by atoms with Gasteiger partial charge in [0.25, 0.3) is 5.82 Å². The van der Waals surface area contributed by atoms with Gasteiger partial charge in [0, 0.05) is 6.42 Å². The maximum Gasteiger partial charge on any atom is 0.259 e. The van der Waals surface area contributed by atoms with Crippen LogP contribution >= 0.6 is 0 Å². The average molecular weight is 478 g/mol. The van der Waals surface area contributed by atoms with E-state index in [9.17, 15) is 0 Å². The second-order valence-corrected chi connectivity index (χ2v) is 8.67. The van der Waals surface area contributed by atoms with E-state index >= 15 is 0 Å². The zero-order valence-corrected chi connectivity index (χ0v) is 21.0. The molecule has 0 fully saturated rings. The molecule has 170 valence electrons. The summed E-state index contributed by atoms with van der Waals surface area (Å²) in [7, 11) is 0. The first kappa shape index (κ1) is 26.9. The minimum absolute atomic E-state index is 0. The van der Waals surface area contributed by atoms with E-state index in [2.05, 4.69) is 59.2 Å². The molecule has 1 heterocycles. The summed E-state index contributed by atoms with van der Waals surface area (Å²) >= 11 is 0. The van der Waals surface area contributed by atoms with Crippen LogP contribution in [0.15, 0.2) is 42.7 Å². The number of aromatic nitrogens is 2. The fraction of sp³-hybridized carbons (Fsp3) is 0.667. The molecule has 2 rings (SSSR count). The third-order valence-corrected chi connectivity index (χ3v) is 6.07. The number of nitrogens with zero attached hydrogens (tertiary/aromatic N) is 1. The zero-order valence-electron chi connectivity index (χ0n) is 19.4. The molecule has 30 heavy (non-hydrogen) atoms. The third-order valence-electron chi connectivity index (χ3n) is 6.07. The van der Waals surface area contributed by atoms with Crippen molar-refractivity contribution >= 4 is 0 Å². The summed E-state index contributed by atoms with van der Waals surface area (Å²) in [5, 5.41) is 0. The Morgan fingerprint density at radius 1 is 0.633 bits per heavy atom. The number of halogens is 1. The minimum atomic E-state index is 0. The summed E-state index contributed by atoms with van der Waals surface area (Å²) in [6.07, 6.45) is 28.1. The average Bonchev–Trinajstić information content (AvgIpc) is 3.22. The number of aromatic amines is 1. The molecule has 1 aromatic carbocycles. The molecular formula is C27H45BrN2. The number of hydrogen-bond acceptors (Lipinski definition) is 0. The maximum atomic E-state index is 3.42. The maximum absolute atomic E-state index is 3.42. The zero-order chi connectivity index (χ0) is 20.4. The van der Waals surface area contributed by atoms with Gasteiger partial charge in [-0.25, -0.2) is 4.98 Å². The molecule has 0 aliphatic carbocycles. The van der Waals surface area contributed by atoms with Gasteiger partial charge in [0.05, 0.1) is 0 Å². The fourth-order valence-corrected chi connectivity index (χ4v) is 4.23. The molecule has 3 heteroatoms. The summed E-state index contributed by atoms with van der Waals surface area (Å²) < 4.78 is 2.28. The van der Waals surface area contributed by atoms with Gasteiger partial charge < -0.3 is 17.0 Å². The van der Waals surface area contributed by atoms with Gasteiger partial charge in [-0.3, -0.25) is 0 Å². The Bertz CT molecular complexity index is 608. The Balaban J connectivity index is 0.00000450. The fourth-order valence-electron chi connectivity index (χ4n) is 4.23. The Kier molecular flexibility index (Phi) is 16.8. The van der Waals surface area contributed by atoms with Gasteiger partial charge in [-0.1, -0.05) is 121 Å². The van der Waals surface area contributed by atoms with E-state index in [1.54, 1.807) is 0 Å². The van der Waals surface area contributed by atoms with Crippen molar-refractivity contribution < 1.29 is 21.5 Å². The second kappa shape index (κ2) is 18.7. The Morgan fingerprint density at radius 3 is 1.60 bits per heavy atom. The van der Waals surface area contributed by atoms with Crippen LogP contribution in [-0.4, -0.2) is 4.98 Å². The van der Waals surface area contributed by atoms with E-state index in [0.717, 1.165) is 6.42 Å². The highest BCUT2D eigenvalue weighted by atomic mass is 79.9. The summed E-state index contributed by atoms with van der Waals surface area (Å²) in [5.41, 5.74) is 1.25. The molecule has 1 aromatic heterocycles. The molecule has 0 saturated carbocycles. The molecule has 0 aliphatic rings. The van der Waals surface area contributed by atoms with Crippen LogP contribution in [0.5, 0.6) is 0 Å². The van der Waals surface area contributed by atoms with Crippen LogP contribution in [0, 0.1) is 0 Å². The molecule has 2 nitrogen and oxygen atoms in total. The van der Waals surface area contributed by atoms with Crippen molar-refractivity contribution in [1.29, 1.82) is 0 Å². The van der Waals surface area contributed by atoms with Crippen molar-refractivity contribution in [3.05, 3.63) is 48.5 Å². The molecule has 0 spiro atoms. The summed E-state index contributed by atoms with van der Waals surface area (Å²) in [6.45, 7) is 2.30. The molecule has 0 unspecified atom stereocenters. The van der Waals surface area contributed by atoms with Gasteiger partial charge in [-0.05, 0) is 18.6 Å². The number of para-hydroxylation sites is 1. The number of imidazole rings is 1. The van der Waals surface area contributed by atoms with Crippen LogP contribution in [-0.2, 0) is 6.42 Å². The highest BCUT2D eigenvalue weighted by molar-refractivity contribution is 5.21. The Morgan fingerprint density at radius 2 is 1.10 bits per heavy atom. The van der Waals surface area contributed by atoms with Gasteiger partial charge in [0.1, 0.15) is 18.1 Å². The predicted molar refractivity (Wildman–Crippen MR) is 126 cm³/mol. The van der Waals surface area contributed by atoms with Gasteiger partial charge in [0.2, 0.25) is 0 Å². The lowest BCUT2D eigenvalue weighted by Crippen LogP contribution is -3.00. The van der Waals surface area contributed by atoms with E-state index in [1.807, 2.05) is 0 Å². The molecule has 0 amide bonds. The second-order valence-electron chi connectivity index (χ2n) is 8.67. The molecule has 0 aliphatic heterocycles. The Labute approximate surface area is 196 Å². The van der Waals surface area contributed by atoms with Crippen LogP contribution in [0.25, 0.3) is 5.69 Å². The van der Waals surface area contributed by atoms with Crippen molar-refractivity contribution in [2.45, 2.75) is 116 Å². The molecule has 0 bridgehead atoms. The number of hydrogen-bond donors (Lipinski definition) is 1. The number of unbranched alkanes of at least 4 members (excludes halogenated alkanes) is 15. The lowest BCUT2D eigenvalue weighted by molar-refractivity contribution is -0.603. The number of rotatable bonds is 18. The third kappa shape index (κ3) is 11.9. The first-order valence-electron chi connectivity index (χ1n) is 12.5. The van der Waals surface area contributed by atoms with Crippen molar-refractivity contribution in [1.82, 2.24) is 4.98 Å². The van der Waals surface area contributed by atoms with E-state index < -0.39 is 0 Å². The molecular weight excluding hydrogens is 432 g/mol. The number of aryl methyl sites for hydroxylation is 1. The smallest absolute Gasteiger partial charge is 0.259 e. The topological polar surface area (TPSA) is 19.7 Å². The number of H-pyrrole nitrogens is 1. The first-order chi connectivity index (χ1) is 14.4. The lowest BCUT2D eigenvalue weighted by Gasteiger charge is -2.03. The monoisotopic (exact) mass is 476 g/mol. The normalized spacial score (nSPS) is 10.8. The largest absolute Gasteiger partial charge is 1.00 e. The van der Waals surface area contributed by atoms with Gasteiger partial charge in [-0.2, -0.15) is 4.57 Å². The SMILES string of the molecule is CCCCCCCCCCCCCCCCCCc1[nH]cc[n+]1-c1ccccc1.[Br-]. The molecule has 0 saturated heterocycles. The molecule has 1 N–H and O–H groups in total. The van der Waals surface area contributed by atoms with Crippen molar-refractivity contribution in [3.63, 3.8) is 0 Å². The van der Waals surface area contributed by atoms with Crippen LogP contribution in [0.3, 0.4) is 0 Å². The van der Waals surface area contributed by atoms with Crippen molar-refractivity contribution in [3.8, 4) is 5.69 Å². The number of nitrogens with one attached hydrogen (secondary N) is 1. The minimum Gasteiger partial charge on any atom is -1.00 e. The van der Waals surface area contributed by atoms with Crippen LogP contribution in [0.1, 0.15) is 115 Å². The molecule has 0 atom stereocenters. The summed E-state index contributed by atoms with van der Waals surface area (Å²) in [5.74, 6) is 1.32. The van der Waals surface area contributed by atoms with E-state index in [0.29, 0.717) is 0 Å². The molecule has 2 aromatic rings.